The Morgan fingerprint density at radius 2 is 1.72 bits per heavy atom. The molecule has 1 heterocycles. The fourth-order valence-corrected chi connectivity index (χ4v) is 3.46. The van der Waals surface area contributed by atoms with Crippen molar-refractivity contribution in [2.75, 3.05) is 23.3 Å². The van der Waals surface area contributed by atoms with Gasteiger partial charge in [-0.1, -0.05) is 29.8 Å². The van der Waals surface area contributed by atoms with Gasteiger partial charge in [-0.05, 0) is 74.7 Å². The lowest BCUT2D eigenvalue weighted by molar-refractivity contribution is 0.578. The molecule has 1 aliphatic rings. The van der Waals surface area contributed by atoms with Crippen LogP contribution in [0.5, 0.6) is 0 Å². The number of rotatable bonds is 4. The highest BCUT2D eigenvalue weighted by atomic mass is 32.1. The van der Waals surface area contributed by atoms with E-state index in [9.17, 15) is 0 Å². The molecule has 0 aliphatic carbocycles. The molecule has 3 rings (SSSR count). The third kappa shape index (κ3) is 4.95. The van der Waals surface area contributed by atoms with Gasteiger partial charge in [0.1, 0.15) is 0 Å². The van der Waals surface area contributed by atoms with Crippen LogP contribution in [0.4, 0.5) is 11.4 Å². The second kappa shape index (κ2) is 8.34. The van der Waals surface area contributed by atoms with E-state index < -0.39 is 0 Å². The number of nitrogens with one attached hydrogen (secondary N) is 2. The normalized spacial score (nSPS) is 14.2. The second-order valence-corrected chi connectivity index (χ2v) is 7.25. The van der Waals surface area contributed by atoms with Crippen LogP contribution < -0.4 is 15.5 Å². The van der Waals surface area contributed by atoms with Gasteiger partial charge in [0.05, 0.1) is 0 Å². The summed E-state index contributed by atoms with van der Waals surface area (Å²) in [6.07, 6.45) is 3.98. The van der Waals surface area contributed by atoms with E-state index >= 15 is 0 Å². The molecule has 25 heavy (non-hydrogen) atoms. The van der Waals surface area contributed by atoms with E-state index in [0.29, 0.717) is 5.11 Å². The van der Waals surface area contributed by atoms with Crippen LogP contribution in [-0.4, -0.2) is 18.2 Å². The minimum absolute atomic E-state index is 0.659. The van der Waals surface area contributed by atoms with Gasteiger partial charge in [-0.15, -0.1) is 0 Å². The molecule has 0 spiro atoms. The zero-order valence-electron chi connectivity index (χ0n) is 15.1. The van der Waals surface area contributed by atoms with E-state index in [-0.39, 0.29) is 0 Å². The van der Waals surface area contributed by atoms with E-state index in [1.165, 1.54) is 54.7 Å². The molecule has 2 aromatic rings. The van der Waals surface area contributed by atoms with Gasteiger partial charge in [-0.25, -0.2) is 0 Å². The molecule has 0 saturated carbocycles. The minimum Gasteiger partial charge on any atom is -0.372 e. The largest absolute Gasteiger partial charge is 0.372 e. The molecule has 0 bridgehead atoms. The summed E-state index contributed by atoms with van der Waals surface area (Å²) in [5.74, 6) is 0. The van der Waals surface area contributed by atoms with Crippen LogP contribution in [-0.2, 0) is 6.54 Å². The molecule has 3 nitrogen and oxygen atoms in total. The summed E-state index contributed by atoms with van der Waals surface area (Å²) in [7, 11) is 0. The van der Waals surface area contributed by atoms with Gasteiger partial charge in [0.25, 0.3) is 0 Å². The molecule has 1 aliphatic heterocycles. The Hall–Kier alpha value is -2.07. The summed E-state index contributed by atoms with van der Waals surface area (Å²) < 4.78 is 0. The molecule has 4 heteroatoms. The highest BCUT2D eigenvalue weighted by Gasteiger charge is 2.10. The summed E-state index contributed by atoms with van der Waals surface area (Å²) >= 11 is 5.43. The average Bonchev–Trinajstić information content (AvgIpc) is 2.63. The van der Waals surface area contributed by atoms with Gasteiger partial charge in [-0.2, -0.15) is 0 Å². The molecule has 2 N–H and O–H groups in total. The first kappa shape index (κ1) is 17.7. The highest BCUT2D eigenvalue weighted by molar-refractivity contribution is 7.80. The third-order valence-electron chi connectivity index (χ3n) is 4.74. The predicted molar refractivity (Wildman–Crippen MR) is 111 cm³/mol. The lowest BCUT2D eigenvalue weighted by Gasteiger charge is -2.28. The van der Waals surface area contributed by atoms with Crippen molar-refractivity contribution in [1.29, 1.82) is 0 Å². The Labute approximate surface area is 156 Å². The quantitative estimate of drug-likeness (QED) is 0.774. The SMILES string of the molecule is Cc1ccc(NC(=S)NCc2ccc(N3CCCCC3)cc2)c(C)c1. The lowest BCUT2D eigenvalue weighted by Crippen LogP contribution is -2.29. The molecular formula is C21H27N3S. The summed E-state index contributed by atoms with van der Waals surface area (Å²) in [5, 5.41) is 7.24. The fourth-order valence-electron chi connectivity index (χ4n) is 3.28. The van der Waals surface area contributed by atoms with Crippen molar-refractivity contribution in [1.82, 2.24) is 5.32 Å². The first-order chi connectivity index (χ1) is 12.1. The highest BCUT2D eigenvalue weighted by Crippen LogP contribution is 2.20. The van der Waals surface area contributed by atoms with E-state index in [4.69, 9.17) is 12.2 Å². The van der Waals surface area contributed by atoms with Gasteiger partial charge < -0.3 is 15.5 Å². The van der Waals surface area contributed by atoms with Crippen molar-refractivity contribution < 1.29 is 0 Å². The van der Waals surface area contributed by atoms with Crippen molar-refractivity contribution in [2.24, 2.45) is 0 Å². The molecular weight excluding hydrogens is 326 g/mol. The predicted octanol–water partition coefficient (Wildman–Crippen LogP) is 4.78. The van der Waals surface area contributed by atoms with Crippen molar-refractivity contribution >= 4 is 28.7 Å². The minimum atomic E-state index is 0.659. The topological polar surface area (TPSA) is 27.3 Å². The number of aryl methyl sites for hydroxylation is 2. The third-order valence-corrected chi connectivity index (χ3v) is 4.99. The fraction of sp³-hybridized carbons (Fsp3) is 0.381. The van der Waals surface area contributed by atoms with Crippen molar-refractivity contribution in [3.05, 3.63) is 59.2 Å². The molecule has 0 aromatic heterocycles. The van der Waals surface area contributed by atoms with E-state index in [1.54, 1.807) is 0 Å². The maximum atomic E-state index is 5.43. The van der Waals surface area contributed by atoms with Gasteiger partial charge in [0, 0.05) is 31.0 Å². The molecule has 1 saturated heterocycles. The second-order valence-electron chi connectivity index (χ2n) is 6.84. The monoisotopic (exact) mass is 353 g/mol. The van der Waals surface area contributed by atoms with Crippen LogP contribution in [0.2, 0.25) is 0 Å². The van der Waals surface area contributed by atoms with Gasteiger partial charge in [0.2, 0.25) is 0 Å². The van der Waals surface area contributed by atoms with Crippen molar-refractivity contribution in [3.63, 3.8) is 0 Å². The summed E-state index contributed by atoms with van der Waals surface area (Å²) in [4.78, 5) is 2.48. The number of thiocarbonyl (C=S) groups is 1. The van der Waals surface area contributed by atoms with Gasteiger partial charge in [0.15, 0.2) is 5.11 Å². The summed E-state index contributed by atoms with van der Waals surface area (Å²) in [5.41, 5.74) is 6.10. The first-order valence-corrected chi connectivity index (χ1v) is 9.48. The van der Waals surface area contributed by atoms with Crippen molar-refractivity contribution in [2.45, 2.75) is 39.7 Å². The Morgan fingerprint density at radius 3 is 2.40 bits per heavy atom. The standard InChI is InChI=1S/C21H27N3S/c1-16-6-11-20(17(2)14-16)23-21(25)22-15-18-7-9-19(10-8-18)24-12-4-3-5-13-24/h6-11,14H,3-5,12-13,15H2,1-2H3,(H2,22,23,25). The number of nitrogens with zero attached hydrogens (tertiary/aromatic N) is 1. The van der Waals surface area contributed by atoms with Crippen LogP contribution in [0.1, 0.15) is 36.0 Å². The van der Waals surface area contributed by atoms with E-state index in [0.717, 1.165) is 12.2 Å². The molecule has 0 amide bonds. The van der Waals surface area contributed by atoms with Crippen LogP contribution in [0.15, 0.2) is 42.5 Å². The lowest BCUT2D eigenvalue weighted by atomic mass is 10.1. The Kier molecular flexibility index (Phi) is 5.92. The molecule has 132 valence electrons. The smallest absolute Gasteiger partial charge is 0.171 e. The van der Waals surface area contributed by atoms with Crippen LogP contribution >= 0.6 is 12.2 Å². The maximum absolute atomic E-state index is 5.43. The molecule has 0 unspecified atom stereocenters. The average molecular weight is 354 g/mol. The maximum Gasteiger partial charge on any atom is 0.171 e. The zero-order chi connectivity index (χ0) is 17.6. The molecule has 1 fully saturated rings. The zero-order valence-corrected chi connectivity index (χ0v) is 16.0. The molecule has 2 aromatic carbocycles. The van der Waals surface area contributed by atoms with Gasteiger partial charge in [-0.3, -0.25) is 0 Å². The van der Waals surface area contributed by atoms with Crippen LogP contribution in [0.25, 0.3) is 0 Å². The Morgan fingerprint density at radius 1 is 1.00 bits per heavy atom. The number of piperidine rings is 1. The van der Waals surface area contributed by atoms with E-state index in [2.05, 4.69) is 71.8 Å². The number of benzene rings is 2. The van der Waals surface area contributed by atoms with Crippen molar-refractivity contribution in [3.8, 4) is 0 Å². The first-order valence-electron chi connectivity index (χ1n) is 9.08. The summed E-state index contributed by atoms with van der Waals surface area (Å²) in [6, 6.07) is 15.2. The number of hydrogen-bond acceptors (Lipinski definition) is 2. The summed E-state index contributed by atoms with van der Waals surface area (Å²) in [6.45, 7) is 7.29. The van der Waals surface area contributed by atoms with Gasteiger partial charge >= 0.3 is 0 Å². The van der Waals surface area contributed by atoms with E-state index in [1.807, 2.05) is 0 Å². The number of hydrogen-bond donors (Lipinski definition) is 2. The Balaban J connectivity index is 1.51. The van der Waals surface area contributed by atoms with Crippen LogP contribution in [0, 0.1) is 13.8 Å². The Bertz CT molecular complexity index is 718. The molecule has 0 radical (unpaired) electrons. The number of anilines is 2. The van der Waals surface area contributed by atoms with Crippen LogP contribution in [0.3, 0.4) is 0 Å². The molecule has 0 atom stereocenters.